The maximum atomic E-state index is 13.2. The standard InChI is InChI=1S/C29H42N2O2/c1-18(26(32)31-17-19-9-13-30-14-10-19)22-5-6-23-21-15-25(33-4)29-16-20(29)7-12-28(29,3)24(21)8-11-27(22,23)2/h9-10,13-14,18,20-25H,5-8,11-12,15-17H2,1-4H3,(H,31,32)/t18?,20-,21+,22-,23+,24+,25?,27-,28-,29+/m1/s1. The molecule has 5 aliphatic rings. The van der Waals surface area contributed by atoms with Crippen molar-refractivity contribution in [3.05, 3.63) is 30.1 Å². The summed E-state index contributed by atoms with van der Waals surface area (Å²) in [5, 5.41) is 3.22. The van der Waals surface area contributed by atoms with Crippen molar-refractivity contribution in [1.29, 1.82) is 0 Å². The molecule has 5 fully saturated rings. The molecule has 1 spiro atoms. The molecule has 0 aliphatic heterocycles. The minimum absolute atomic E-state index is 0.0708. The van der Waals surface area contributed by atoms with Crippen LogP contribution in [0.25, 0.3) is 0 Å². The molecule has 10 atom stereocenters. The van der Waals surface area contributed by atoms with Gasteiger partial charge in [-0.2, -0.15) is 0 Å². The van der Waals surface area contributed by atoms with Crippen molar-refractivity contribution < 1.29 is 9.53 Å². The van der Waals surface area contributed by atoms with Crippen LogP contribution in [0.5, 0.6) is 0 Å². The third-order valence-corrected chi connectivity index (χ3v) is 12.1. The number of fused-ring (bicyclic) bond motifs is 4. The highest BCUT2D eigenvalue weighted by Crippen LogP contribution is 2.82. The Hall–Kier alpha value is -1.42. The smallest absolute Gasteiger partial charge is 0.223 e. The Labute approximate surface area is 199 Å². The molecule has 0 bridgehead atoms. The summed E-state index contributed by atoms with van der Waals surface area (Å²) in [6.45, 7) is 7.97. The van der Waals surface area contributed by atoms with Crippen LogP contribution in [0.15, 0.2) is 24.5 Å². The Morgan fingerprint density at radius 2 is 1.94 bits per heavy atom. The van der Waals surface area contributed by atoms with E-state index in [9.17, 15) is 4.79 Å². The van der Waals surface area contributed by atoms with Crippen molar-refractivity contribution >= 4 is 5.91 Å². The SMILES string of the molecule is COC1C[C@H]2[C@@H]3CC[C@H](C(C)C(=O)NCc4ccncc4)[C@@]3(C)CC[C@@H]2[C@@]2(C)CC[C@@H]3C[C@@]132. The Kier molecular flexibility index (Phi) is 5.04. The van der Waals surface area contributed by atoms with Gasteiger partial charge in [-0.3, -0.25) is 9.78 Å². The molecule has 5 saturated carbocycles. The van der Waals surface area contributed by atoms with Gasteiger partial charge in [-0.05, 0) is 109 Å². The minimum Gasteiger partial charge on any atom is -0.381 e. The summed E-state index contributed by atoms with van der Waals surface area (Å²) in [6.07, 6.45) is 14.7. The van der Waals surface area contributed by atoms with Crippen LogP contribution in [0, 0.1) is 51.8 Å². The molecule has 4 nitrogen and oxygen atoms in total. The summed E-state index contributed by atoms with van der Waals surface area (Å²) in [7, 11) is 1.97. The van der Waals surface area contributed by atoms with Crippen LogP contribution in [0.3, 0.4) is 0 Å². The van der Waals surface area contributed by atoms with E-state index in [1.165, 1.54) is 51.4 Å². The predicted molar refractivity (Wildman–Crippen MR) is 129 cm³/mol. The molecular weight excluding hydrogens is 408 g/mol. The number of pyridine rings is 1. The van der Waals surface area contributed by atoms with Gasteiger partial charge in [0.15, 0.2) is 0 Å². The lowest BCUT2D eigenvalue weighted by Gasteiger charge is -2.61. The quantitative estimate of drug-likeness (QED) is 0.634. The zero-order valence-corrected chi connectivity index (χ0v) is 21.0. The Morgan fingerprint density at radius 3 is 2.67 bits per heavy atom. The second kappa shape index (κ2) is 7.54. The number of hydrogen-bond acceptors (Lipinski definition) is 3. The van der Waals surface area contributed by atoms with Crippen LogP contribution >= 0.6 is 0 Å². The van der Waals surface area contributed by atoms with Crippen LogP contribution in [-0.4, -0.2) is 24.1 Å². The van der Waals surface area contributed by atoms with E-state index in [0.29, 0.717) is 29.4 Å². The summed E-state index contributed by atoms with van der Waals surface area (Å²) in [4.78, 5) is 17.3. The number of aromatic nitrogens is 1. The molecule has 2 unspecified atom stereocenters. The largest absolute Gasteiger partial charge is 0.381 e. The minimum atomic E-state index is 0.0708. The first-order valence-electron chi connectivity index (χ1n) is 13.5. The van der Waals surface area contributed by atoms with Gasteiger partial charge in [-0.1, -0.05) is 20.8 Å². The van der Waals surface area contributed by atoms with Crippen molar-refractivity contribution in [3.8, 4) is 0 Å². The number of rotatable bonds is 5. The van der Waals surface area contributed by atoms with Gasteiger partial charge in [0.1, 0.15) is 0 Å². The fourth-order valence-corrected chi connectivity index (χ4v) is 10.5. The van der Waals surface area contributed by atoms with E-state index < -0.39 is 0 Å². The van der Waals surface area contributed by atoms with Gasteiger partial charge in [0, 0.05) is 37.4 Å². The fourth-order valence-electron chi connectivity index (χ4n) is 10.5. The average molecular weight is 451 g/mol. The van der Waals surface area contributed by atoms with E-state index in [-0.39, 0.29) is 17.2 Å². The summed E-state index contributed by atoms with van der Waals surface area (Å²) < 4.78 is 6.26. The summed E-state index contributed by atoms with van der Waals surface area (Å²) in [5.74, 6) is 4.11. The maximum absolute atomic E-state index is 13.2. The van der Waals surface area contributed by atoms with Crippen LogP contribution in [0.4, 0.5) is 0 Å². The lowest BCUT2D eigenvalue weighted by Crippen LogP contribution is -2.57. The van der Waals surface area contributed by atoms with Crippen LogP contribution in [0.1, 0.15) is 77.7 Å². The molecule has 1 aromatic rings. The first kappa shape index (κ1) is 22.1. The molecule has 1 amide bonds. The normalized spacial score (nSPS) is 48.2. The summed E-state index contributed by atoms with van der Waals surface area (Å²) >= 11 is 0. The van der Waals surface area contributed by atoms with Gasteiger partial charge in [0.2, 0.25) is 5.91 Å². The van der Waals surface area contributed by atoms with E-state index in [0.717, 1.165) is 29.2 Å². The molecule has 4 heteroatoms. The monoisotopic (exact) mass is 450 g/mol. The molecule has 1 heterocycles. The summed E-state index contributed by atoms with van der Waals surface area (Å²) in [5.41, 5.74) is 2.38. The first-order valence-corrected chi connectivity index (χ1v) is 13.5. The van der Waals surface area contributed by atoms with Gasteiger partial charge in [0.25, 0.3) is 0 Å². The van der Waals surface area contributed by atoms with E-state index in [1.54, 1.807) is 12.4 Å². The second-order valence-electron chi connectivity index (χ2n) is 12.8. The molecular formula is C29H42N2O2. The van der Waals surface area contributed by atoms with Crippen molar-refractivity contribution in [1.82, 2.24) is 10.3 Å². The lowest BCUT2D eigenvalue weighted by molar-refractivity contribution is -0.162. The van der Waals surface area contributed by atoms with Gasteiger partial charge < -0.3 is 10.1 Å². The van der Waals surface area contributed by atoms with Gasteiger partial charge in [-0.15, -0.1) is 0 Å². The third kappa shape index (κ3) is 2.91. The number of carbonyl (C=O) groups is 1. The molecule has 0 saturated heterocycles. The van der Waals surface area contributed by atoms with Crippen LogP contribution in [0.2, 0.25) is 0 Å². The number of nitrogens with zero attached hydrogens (tertiary/aromatic N) is 1. The van der Waals surface area contributed by atoms with E-state index >= 15 is 0 Å². The number of hydrogen-bond donors (Lipinski definition) is 1. The highest BCUT2D eigenvalue weighted by atomic mass is 16.5. The Morgan fingerprint density at radius 1 is 1.15 bits per heavy atom. The Bertz CT molecular complexity index is 919. The number of amides is 1. The molecule has 6 rings (SSSR count). The van der Waals surface area contributed by atoms with Crippen molar-refractivity contribution in [3.63, 3.8) is 0 Å². The molecule has 5 aliphatic carbocycles. The third-order valence-electron chi connectivity index (χ3n) is 12.1. The average Bonchev–Trinajstić information content (AvgIpc) is 3.34. The van der Waals surface area contributed by atoms with E-state index in [4.69, 9.17) is 4.74 Å². The fraction of sp³-hybridized carbons (Fsp3) is 0.793. The van der Waals surface area contributed by atoms with Gasteiger partial charge in [0.05, 0.1) is 6.10 Å². The van der Waals surface area contributed by atoms with Gasteiger partial charge in [-0.25, -0.2) is 0 Å². The maximum Gasteiger partial charge on any atom is 0.223 e. The van der Waals surface area contributed by atoms with Crippen LogP contribution < -0.4 is 5.32 Å². The summed E-state index contributed by atoms with van der Waals surface area (Å²) in [6, 6.07) is 3.96. The molecule has 1 N–H and O–H groups in total. The number of methoxy groups -OCH3 is 1. The molecule has 1 aromatic heterocycles. The first-order chi connectivity index (χ1) is 15.8. The second-order valence-corrected chi connectivity index (χ2v) is 12.8. The van der Waals surface area contributed by atoms with E-state index in [1.807, 2.05) is 19.2 Å². The molecule has 0 aromatic carbocycles. The lowest BCUT2D eigenvalue weighted by atomic mass is 9.45. The zero-order valence-electron chi connectivity index (χ0n) is 21.0. The van der Waals surface area contributed by atoms with Crippen molar-refractivity contribution in [2.24, 2.45) is 51.8 Å². The number of nitrogens with one attached hydrogen (secondary N) is 1. The number of ether oxygens (including phenoxy) is 1. The Balaban J connectivity index is 1.20. The molecule has 0 radical (unpaired) electrons. The molecule has 33 heavy (non-hydrogen) atoms. The zero-order chi connectivity index (χ0) is 23.0. The van der Waals surface area contributed by atoms with Crippen molar-refractivity contribution in [2.45, 2.75) is 84.8 Å². The van der Waals surface area contributed by atoms with E-state index in [2.05, 4.69) is 31.1 Å². The predicted octanol–water partition coefficient (Wildman–Crippen LogP) is 5.62. The van der Waals surface area contributed by atoms with Crippen LogP contribution in [-0.2, 0) is 16.1 Å². The highest BCUT2D eigenvalue weighted by molar-refractivity contribution is 5.78. The topological polar surface area (TPSA) is 51.2 Å². The number of carbonyl (C=O) groups excluding carboxylic acids is 1. The van der Waals surface area contributed by atoms with Gasteiger partial charge >= 0.3 is 0 Å². The molecule has 180 valence electrons. The highest BCUT2D eigenvalue weighted by Gasteiger charge is 2.77. The van der Waals surface area contributed by atoms with Crippen molar-refractivity contribution in [2.75, 3.05) is 7.11 Å².